The largest absolute Gasteiger partial charge is 0.490 e. The SMILES string of the molecule is CC(O)c1ccc(Br)cc1OCC(O)CO. The van der Waals surface area contributed by atoms with Gasteiger partial charge in [0.05, 0.1) is 12.7 Å². The third-order valence-electron chi connectivity index (χ3n) is 2.07. The van der Waals surface area contributed by atoms with Crippen molar-refractivity contribution >= 4 is 15.9 Å². The van der Waals surface area contributed by atoms with Gasteiger partial charge in [-0.05, 0) is 19.1 Å². The summed E-state index contributed by atoms with van der Waals surface area (Å²) in [7, 11) is 0. The molecule has 0 aromatic heterocycles. The van der Waals surface area contributed by atoms with Gasteiger partial charge in [-0.15, -0.1) is 0 Å². The smallest absolute Gasteiger partial charge is 0.126 e. The van der Waals surface area contributed by atoms with Gasteiger partial charge in [-0.1, -0.05) is 22.0 Å². The minimum Gasteiger partial charge on any atom is -0.490 e. The minimum atomic E-state index is -0.916. The molecule has 1 aromatic rings. The van der Waals surface area contributed by atoms with E-state index in [1.807, 2.05) is 0 Å². The van der Waals surface area contributed by atoms with Crippen molar-refractivity contribution in [3.8, 4) is 5.75 Å². The average molecular weight is 291 g/mol. The molecule has 1 rings (SSSR count). The van der Waals surface area contributed by atoms with Gasteiger partial charge in [0.1, 0.15) is 18.5 Å². The van der Waals surface area contributed by atoms with Crippen LogP contribution in [0.5, 0.6) is 5.75 Å². The van der Waals surface area contributed by atoms with E-state index < -0.39 is 12.2 Å². The summed E-state index contributed by atoms with van der Waals surface area (Å²) in [6.07, 6.45) is -1.56. The molecule has 0 fully saturated rings. The lowest BCUT2D eigenvalue weighted by Crippen LogP contribution is -2.21. The van der Waals surface area contributed by atoms with Crippen LogP contribution in [0.15, 0.2) is 22.7 Å². The highest BCUT2D eigenvalue weighted by molar-refractivity contribution is 9.10. The first-order valence-electron chi connectivity index (χ1n) is 4.93. The van der Waals surface area contributed by atoms with Crippen LogP contribution in [-0.4, -0.2) is 34.6 Å². The lowest BCUT2D eigenvalue weighted by molar-refractivity contribution is 0.0523. The van der Waals surface area contributed by atoms with Crippen molar-refractivity contribution in [1.82, 2.24) is 0 Å². The highest BCUT2D eigenvalue weighted by Crippen LogP contribution is 2.28. The van der Waals surface area contributed by atoms with E-state index in [1.165, 1.54) is 0 Å². The van der Waals surface area contributed by atoms with E-state index in [2.05, 4.69) is 15.9 Å². The van der Waals surface area contributed by atoms with E-state index in [4.69, 9.17) is 14.9 Å². The van der Waals surface area contributed by atoms with E-state index in [0.717, 1.165) is 4.47 Å². The number of aliphatic hydroxyl groups is 3. The third-order valence-corrected chi connectivity index (χ3v) is 2.56. The van der Waals surface area contributed by atoms with Gasteiger partial charge in [-0.25, -0.2) is 0 Å². The molecule has 0 saturated heterocycles. The number of aliphatic hydroxyl groups excluding tert-OH is 3. The molecule has 0 radical (unpaired) electrons. The Morgan fingerprint density at radius 2 is 2.06 bits per heavy atom. The topological polar surface area (TPSA) is 69.9 Å². The first-order valence-corrected chi connectivity index (χ1v) is 5.73. The second-order valence-corrected chi connectivity index (χ2v) is 4.42. The molecular weight excluding hydrogens is 276 g/mol. The number of ether oxygens (including phenoxy) is 1. The van der Waals surface area contributed by atoms with Crippen LogP contribution in [0, 0.1) is 0 Å². The molecule has 0 amide bonds. The summed E-state index contributed by atoms with van der Waals surface area (Å²) in [6.45, 7) is 1.28. The molecule has 90 valence electrons. The molecule has 0 aliphatic heterocycles. The Balaban J connectivity index is 2.80. The van der Waals surface area contributed by atoms with Gasteiger partial charge in [-0.2, -0.15) is 0 Å². The molecule has 4 nitrogen and oxygen atoms in total. The first kappa shape index (κ1) is 13.4. The lowest BCUT2D eigenvalue weighted by atomic mass is 10.1. The highest BCUT2D eigenvalue weighted by Gasteiger charge is 2.11. The van der Waals surface area contributed by atoms with Crippen LogP contribution in [0.25, 0.3) is 0 Å². The maximum Gasteiger partial charge on any atom is 0.126 e. The van der Waals surface area contributed by atoms with Crippen molar-refractivity contribution < 1.29 is 20.1 Å². The van der Waals surface area contributed by atoms with Crippen LogP contribution in [0.4, 0.5) is 0 Å². The maximum atomic E-state index is 9.51. The molecule has 2 atom stereocenters. The number of hydrogen-bond donors (Lipinski definition) is 3. The molecule has 0 aliphatic rings. The van der Waals surface area contributed by atoms with E-state index in [9.17, 15) is 5.11 Å². The zero-order valence-electron chi connectivity index (χ0n) is 8.93. The van der Waals surface area contributed by atoms with Gasteiger partial charge >= 0.3 is 0 Å². The van der Waals surface area contributed by atoms with E-state index in [-0.39, 0.29) is 13.2 Å². The second-order valence-electron chi connectivity index (χ2n) is 3.51. The fraction of sp³-hybridized carbons (Fsp3) is 0.455. The highest BCUT2D eigenvalue weighted by atomic mass is 79.9. The van der Waals surface area contributed by atoms with Crippen molar-refractivity contribution in [1.29, 1.82) is 0 Å². The molecule has 0 spiro atoms. The number of benzene rings is 1. The standard InChI is InChI=1S/C11H15BrO4/c1-7(14)10-3-2-8(12)4-11(10)16-6-9(15)5-13/h2-4,7,9,13-15H,5-6H2,1H3. The van der Waals surface area contributed by atoms with Crippen LogP contribution < -0.4 is 4.74 Å². The van der Waals surface area contributed by atoms with E-state index in [0.29, 0.717) is 11.3 Å². The van der Waals surface area contributed by atoms with Crippen LogP contribution >= 0.6 is 15.9 Å². The molecule has 0 aliphatic carbocycles. The summed E-state index contributed by atoms with van der Waals surface area (Å²) in [5.41, 5.74) is 0.647. The molecule has 0 saturated carbocycles. The normalized spacial score (nSPS) is 14.6. The van der Waals surface area contributed by atoms with Crippen molar-refractivity contribution in [3.05, 3.63) is 28.2 Å². The van der Waals surface area contributed by atoms with Gasteiger partial charge < -0.3 is 20.1 Å². The van der Waals surface area contributed by atoms with Gasteiger partial charge in [0.15, 0.2) is 0 Å². The number of hydrogen-bond acceptors (Lipinski definition) is 4. The van der Waals surface area contributed by atoms with Crippen LogP contribution in [0.1, 0.15) is 18.6 Å². The summed E-state index contributed by atoms with van der Waals surface area (Å²) in [4.78, 5) is 0. The van der Waals surface area contributed by atoms with Crippen LogP contribution in [-0.2, 0) is 0 Å². The Bertz CT molecular complexity index is 341. The predicted molar refractivity (Wildman–Crippen MR) is 63.4 cm³/mol. The third kappa shape index (κ3) is 3.75. The summed E-state index contributed by atoms with van der Waals surface area (Å²) < 4.78 is 6.16. The van der Waals surface area contributed by atoms with Crippen molar-refractivity contribution in [2.75, 3.05) is 13.2 Å². The summed E-state index contributed by atoms with van der Waals surface area (Å²) >= 11 is 3.30. The monoisotopic (exact) mass is 290 g/mol. The fourth-order valence-electron chi connectivity index (χ4n) is 1.22. The lowest BCUT2D eigenvalue weighted by Gasteiger charge is -2.15. The predicted octanol–water partition coefficient (Wildman–Crippen LogP) is 1.23. The second kappa shape index (κ2) is 6.20. The molecule has 16 heavy (non-hydrogen) atoms. The molecular formula is C11H15BrO4. The quantitative estimate of drug-likeness (QED) is 0.763. The number of halogens is 1. The molecule has 0 bridgehead atoms. The Hall–Kier alpha value is -0.620. The Kier molecular flexibility index (Phi) is 5.21. The van der Waals surface area contributed by atoms with E-state index >= 15 is 0 Å². The molecule has 2 unspecified atom stereocenters. The van der Waals surface area contributed by atoms with Gasteiger partial charge in [0, 0.05) is 10.0 Å². The maximum absolute atomic E-state index is 9.51. The van der Waals surface area contributed by atoms with Gasteiger partial charge in [0.25, 0.3) is 0 Å². The van der Waals surface area contributed by atoms with Gasteiger partial charge in [-0.3, -0.25) is 0 Å². The van der Waals surface area contributed by atoms with Crippen molar-refractivity contribution in [2.24, 2.45) is 0 Å². The van der Waals surface area contributed by atoms with E-state index in [1.54, 1.807) is 25.1 Å². The first-order chi connectivity index (χ1) is 7.54. The van der Waals surface area contributed by atoms with Crippen LogP contribution in [0.2, 0.25) is 0 Å². The molecule has 0 heterocycles. The Morgan fingerprint density at radius 3 is 2.62 bits per heavy atom. The zero-order chi connectivity index (χ0) is 12.1. The fourth-order valence-corrected chi connectivity index (χ4v) is 1.56. The zero-order valence-corrected chi connectivity index (χ0v) is 10.5. The van der Waals surface area contributed by atoms with Crippen LogP contribution in [0.3, 0.4) is 0 Å². The molecule has 3 N–H and O–H groups in total. The molecule has 1 aromatic carbocycles. The Labute approximate surface area is 103 Å². The van der Waals surface area contributed by atoms with Gasteiger partial charge in [0.2, 0.25) is 0 Å². The van der Waals surface area contributed by atoms with Crippen molar-refractivity contribution in [2.45, 2.75) is 19.1 Å². The summed E-state index contributed by atoms with van der Waals surface area (Å²) in [5, 5.41) is 27.3. The van der Waals surface area contributed by atoms with Crippen molar-refractivity contribution in [3.63, 3.8) is 0 Å². The summed E-state index contributed by atoms with van der Waals surface area (Å²) in [6, 6.07) is 5.26. The number of rotatable bonds is 5. The minimum absolute atomic E-state index is 0.00727. The summed E-state index contributed by atoms with van der Waals surface area (Å²) in [5.74, 6) is 0.497. The molecule has 5 heteroatoms. The average Bonchev–Trinajstić information content (AvgIpc) is 2.25. The Morgan fingerprint density at radius 1 is 1.38 bits per heavy atom.